The average molecular weight is 887 g/mol. The molecule has 10 aromatic rings. The molecular formula is C62H52N4O2. The van der Waals surface area contributed by atoms with Crippen LogP contribution in [0.25, 0.3) is 61.0 Å². The van der Waals surface area contributed by atoms with Gasteiger partial charge in [-0.05, 0) is 107 Å². The maximum atomic E-state index is 9.68. The molecule has 10 bridgehead atoms. The third kappa shape index (κ3) is 7.24. The molecule has 0 spiro atoms. The Morgan fingerprint density at radius 2 is 1.24 bits per heavy atom. The molecule has 68 heavy (non-hydrogen) atoms. The van der Waals surface area contributed by atoms with Gasteiger partial charge < -0.3 is 19.3 Å². The van der Waals surface area contributed by atoms with Gasteiger partial charge in [0.25, 0.3) is 0 Å². The Morgan fingerprint density at radius 3 is 2.06 bits per heavy atom. The SMILES string of the molecule is [2H]C([2H])(c1cc2ncc1-c1ccccc1Oc1cccc(c1)-c1cccc(-c3ccccc3)c1N1CN(c3cc(cc(C(C)(C)C)c3)Oc3ccc4c5ccccc5n-2c4c3)c2ccccc21)C(C)C. The molecule has 13 rings (SSSR count). The number of rotatable bonds is 3. The summed E-state index contributed by atoms with van der Waals surface area (Å²) in [5.74, 6) is 2.93. The number of ether oxygens (including phenoxy) is 2. The Labute approximate surface area is 401 Å². The molecule has 3 aliphatic heterocycles. The van der Waals surface area contributed by atoms with E-state index < -0.39 is 6.37 Å². The zero-order valence-corrected chi connectivity index (χ0v) is 38.9. The third-order valence-electron chi connectivity index (χ3n) is 13.2. The van der Waals surface area contributed by atoms with Gasteiger partial charge in [-0.2, -0.15) is 0 Å². The average Bonchev–Trinajstić information content (AvgIpc) is 3.92. The van der Waals surface area contributed by atoms with Crippen LogP contribution in [0.3, 0.4) is 0 Å². The molecule has 0 radical (unpaired) electrons. The van der Waals surface area contributed by atoms with Gasteiger partial charge in [0, 0.05) is 59.8 Å². The number of nitrogens with zero attached hydrogens (tertiary/aromatic N) is 4. The van der Waals surface area contributed by atoms with E-state index in [0.29, 0.717) is 40.9 Å². The Kier molecular flexibility index (Phi) is 9.41. The number of hydrogen-bond donors (Lipinski definition) is 0. The minimum Gasteiger partial charge on any atom is -0.457 e. The topological polar surface area (TPSA) is 42.8 Å². The number of anilines is 4. The lowest BCUT2D eigenvalue weighted by atomic mass is 9.86. The zero-order chi connectivity index (χ0) is 47.9. The van der Waals surface area contributed by atoms with E-state index >= 15 is 0 Å². The lowest BCUT2D eigenvalue weighted by Crippen LogP contribution is -2.25. The van der Waals surface area contributed by atoms with Gasteiger partial charge in [0.2, 0.25) is 0 Å². The highest BCUT2D eigenvalue weighted by molar-refractivity contribution is 6.09. The molecule has 0 fully saturated rings. The summed E-state index contributed by atoms with van der Waals surface area (Å²) in [5.41, 5.74) is 13.4. The highest BCUT2D eigenvalue weighted by Gasteiger charge is 2.32. The summed E-state index contributed by atoms with van der Waals surface area (Å²) in [5, 5.41) is 2.11. The Bertz CT molecular complexity index is 3670. The lowest BCUT2D eigenvalue weighted by molar-refractivity contribution is 0.479. The van der Waals surface area contributed by atoms with Gasteiger partial charge >= 0.3 is 0 Å². The molecule has 0 saturated carbocycles. The summed E-state index contributed by atoms with van der Waals surface area (Å²) in [6.45, 7) is 11.1. The summed E-state index contributed by atoms with van der Waals surface area (Å²) >= 11 is 0. The maximum absolute atomic E-state index is 9.68. The van der Waals surface area contributed by atoms with Crippen LogP contribution in [0.2, 0.25) is 0 Å². The highest BCUT2D eigenvalue weighted by Crippen LogP contribution is 2.51. The van der Waals surface area contributed by atoms with E-state index in [0.717, 1.165) is 83.7 Å². The molecule has 0 N–H and O–H groups in total. The number of benzene rings is 8. The summed E-state index contributed by atoms with van der Waals surface area (Å²) in [6.07, 6.45) is 0.0795. The number of pyridine rings is 1. The van der Waals surface area contributed by atoms with E-state index in [1.54, 1.807) is 0 Å². The molecule has 8 aromatic carbocycles. The number of para-hydroxylation sites is 5. The molecule has 332 valence electrons. The Balaban J connectivity index is 1.14. The van der Waals surface area contributed by atoms with Crippen molar-refractivity contribution in [2.75, 3.05) is 16.5 Å². The van der Waals surface area contributed by atoms with Crippen molar-refractivity contribution in [2.45, 2.75) is 46.4 Å². The molecule has 0 aliphatic carbocycles. The zero-order valence-electron chi connectivity index (χ0n) is 40.9. The number of fused-ring (bicyclic) bond motifs is 5. The van der Waals surface area contributed by atoms with Crippen LogP contribution in [0, 0.1) is 5.92 Å². The first-order chi connectivity index (χ1) is 33.9. The Hall–Kier alpha value is -8.09. The van der Waals surface area contributed by atoms with E-state index in [-0.39, 0.29) is 11.3 Å². The van der Waals surface area contributed by atoms with Crippen LogP contribution >= 0.6 is 0 Å². The molecular weight excluding hydrogens is 833 g/mol. The fraction of sp³-hybridized carbons (Fsp3) is 0.145. The summed E-state index contributed by atoms with van der Waals surface area (Å²) in [6, 6.07) is 65.2. The van der Waals surface area contributed by atoms with Crippen molar-refractivity contribution in [2.24, 2.45) is 5.92 Å². The summed E-state index contributed by atoms with van der Waals surface area (Å²) < 4.78 is 35.5. The van der Waals surface area contributed by atoms with Crippen molar-refractivity contribution in [1.29, 1.82) is 0 Å². The van der Waals surface area contributed by atoms with Crippen LogP contribution in [0.4, 0.5) is 22.7 Å². The molecule has 3 aliphatic rings. The first kappa shape index (κ1) is 39.1. The summed E-state index contributed by atoms with van der Waals surface area (Å²) in [4.78, 5) is 10.0. The van der Waals surface area contributed by atoms with E-state index in [9.17, 15) is 2.74 Å². The molecule has 0 saturated heterocycles. The van der Waals surface area contributed by atoms with Gasteiger partial charge in [-0.3, -0.25) is 4.57 Å². The van der Waals surface area contributed by atoms with Crippen LogP contribution in [0.15, 0.2) is 194 Å². The van der Waals surface area contributed by atoms with Gasteiger partial charge in [-0.15, -0.1) is 0 Å². The second-order valence-corrected chi connectivity index (χ2v) is 19.2. The van der Waals surface area contributed by atoms with E-state index in [2.05, 4.69) is 169 Å². The maximum Gasteiger partial charge on any atom is 0.137 e. The largest absolute Gasteiger partial charge is 0.457 e. The fourth-order valence-electron chi connectivity index (χ4n) is 10.0. The van der Waals surface area contributed by atoms with E-state index in [4.69, 9.17) is 14.5 Å². The number of hydrogen-bond acceptors (Lipinski definition) is 5. The van der Waals surface area contributed by atoms with Gasteiger partial charge in [-0.25, -0.2) is 4.98 Å². The molecule has 6 heteroatoms. The van der Waals surface area contributed by atoms with Crippen LogP contribution in [-0.4, -0.2) is 16.2 Å². The second kappa shape index (κ2) is 16.4. The van der Waals surface area contributed by atoms with Gasteiger partial charge in [0.1, 0.15) is 35.5 Å². The predicted octanol–water partition coefficient (Wildman–Crippen LogP) is 16.8. The van der Waals surface area contributed by atoms with Crippen molar-refractivity contribution < 1.29 is 12.2 Å². The predicted molar refractivity (Wildman–Crippen MR) is 281 cm³/mol. The van der Waals surface area contributed by atoms with E-state index in [1.807, 2.05) is 74.6 Å². The van der Waals surface area contributed by atoms with Crippen molar-refractivity contribution in [1.82, 2.24) is 9.55 Å². The highest BCUT2D eigenvalue weighted by atomic mass is 16.5. The normalized spacial score (nSPS) is 13.7. The van der Waals surface area contributed by atoms with Gasteiger partial charge in [0.15, 0.2) is 0 Å². The van der Waals surface area contributed by atoms with Crippen LogP contribution in [0.1, 0.15) is 48.5 Å². The summed E-state index contributed by atoms with van der Waals surface area (Å²) in [7, 11) is 0. The number of aromatic nitrogens is 2. The fourth-order valence-corrected chi connectivity index (χ4v) is 10.0. The first-order valence-corrected chi connectivity index (χ1v) is 23.5. The lowest BCUT2D eigenvalue weighted by Gasteiger charge is -2.28. The van der Waals surface area contributed by atoms with Crippen molar-refractivity contribution in [3.63, 3.8) is 0 Å². The minimum absolute atomic E-state index is 0.191. The monoisotopic (exact) mass is 886 g/mol. The third-order valence-corrected chi connectivity index (χ3v) is 13.2. The standard InChI is InChI=1S/C62H52N4O2/c1-40(2)31-43-33-60-63-38-54(43)53-22-10-14-28-59(53)68-46-20-15-19-42(32-46)50-24-16-23-49(41-17-7-6-8-18-41)61(50)65-39-64(56-26-12-13-27-57(56)65)45-34-44(62(3,4)5)35-48(36-45)67-47-29-30-52-51-21-9-11-25-55(51)66(60)58(52)37-47/h6-30,32-38,40H,31,39H2,1-5H3/i31D2. The molecule has 6 nitrogen and oxygen atoms in total. The smallest absolute Gasteiger partial charge is 0.137 e. The van der Waals surface area contributed by atoms with Crippen LogP contribution in [0.5, 0.6) is 23.0 Å². The molecule has 2 aromatic heterocycles. The van der Waals surface area contributed by atoms with E-state index in [1.165, 1.54) is 0 Å². The molecule has 5 heterocycles. The first-order valence-electron chi connectivity index (χ1n) is 24.5. The second-order valence-electron chi connectivity index (χ2n) is 19.2. The molecule has 0 amide bonds. The molecule has 0 unspecified atom stereocenters. The quantitative estimate of drug-likeness (QED) is 0.177. The van der Waals surface area contributed by atoms with Crippen molar-refractivity contribution >= 4 is 44.6 Å². The van der Waals surface area contributed by atoms with Crippen molar-refractivity contribution in [3.05, 3.63) is 205 Å². The Morgan fingerprint density at radius 1 is 0.559 bits per heavy atom. The van der Waals surface area contributed by atoms with Crippen molar-refractivity contribution in [3.8, 4) is 62.2 Å². The van der Waals surface area contributed by atoms with Crippen LogP contribution in [-0.2, 0) is 11.8 Å². The van der Waals surface area contributed by atoms with Gasteiger partial charge in [-0.1, -0.05) is 144 Å². The van der Waals surface area contributed by atoms with Crippen LogP contribution < -0.4 is 19.3 Å². The minimum atomic E-state index is -1.74. The van der Waals surface area contributed by atoms with Gasteiger partial charge in [0.05, 0.1) is 28.1 Å². The molecule has 0 atom stereocenters.